The fraction of sp³-hybridized carbons (Fsp3) is 0.696. The van der Waals surface area contributed by atoms with Crippen LogP contribution in [0.3, 0.4) is 0 Å². The van der Waals surface area contributed by atoms with Gasteiger partial charge in [0.05, 0.1) is 18.2 Å². The molecule has 1 spiro atoms. The summed E-state index contributed by atoms with van der Waals surface area (Å²) in [6.45, 7) is 5.61. The summed E-state index contributed by atoms with van der Waals surface area (Å²) in [4.78, 5) is 16.0. The Kier molecular flexibility index (Phi) is 7.73. The Balaban J connectivity index is 1.66. The smallest absolute Gasteiger partial charge is 0.401 e. The number of nitrogens with zero attached hydrogens (tertiary/aromatic N) is 2. The minimum atomic E-state index is -4.29. The van der Waals surface area contributed by atoms with Gasteiger partial charge in [-0.3, -0.25) is 9.69 Å². The zero-order chi connectivity index (χ0) is 23.5. The lowest BCUT2D eigenvalue weighted by Gasteiger charge is -2.49. The number of amides is 1. The molecule has 0 aromatic heterocycles. The molecule has 1 amide bonds. The monoisotopic (exact) mass is 458 g/mol. The fourth-order valence-corrected chi connectivity index (χ4v) is 4.73. The molecule has 2 unspecified atom stereocenters. The third-order valence-corrected chi connectivity index (χ3v) is 6.06. The van der Waals surface area contributed by atoms with Crippen LogP contribution in [0.5, 0.6) is 5.75 Å². The van der Waals surface area contributed by atoms with Gasteiger partial charge in [-0.05, 0) is 69.7 Å². The molecule has 2 heterocycles. The van der Waals surface area contributed by atoms with Crippen LogP contribution >= 0.6 is 0 Å². The molecule has 0 saturated carbocycles. The number of hydrogen-bond acceptors (Lipinski definition) is 5. The summed E-state index contributed by atoms with van der Waals surface area (Å²) < 4.78 is 50.8. The van der Waals surface area contributed by atoms with Crippen molar-refractivity contribution in [2.75, 3.05) is 39.5 Å². The van der Waals surface area contributed by atoms with Crippen molar-refractivity contribution in [3.63, 3.8) is 0 Å². The minimum absolute atomic E-state index is 0.0315. The van der Waals surface area contributed by atoms with E-state index in [1.807, 2.05) is 20.8 Å². The van der Waals surface area contributed by atoms with Crippen molar-refractivity contribution in [3.8, 4) is 5.75 Å². The standard InChI is InChI=1S/C23H33F3N2O4/c1-16(2)32-20-5-4-19(10-17(20)3)21(30)28-8-7-22(31-15-28)11-18(6-9-29)12-27(13-22)14-23(24,25)26/h4-5,10,16,18,29H,6-9,11-15H2,1-3H3. The Morgan fingerprint density at radius 3 is 2.69 bits per heavy atom. The second-order valence-corrected chi connectivity index (χ2v) is 9.29. The number of aryl methyl sites for hydroxylation is 1. The van der Waals surface area contributed by atoms with Gasteiger partial charge in [-0.2, -0.15) is 13.2 Å². The van der Waals surface area contributed by atoms with Crippen molar-refractivity contribution in [1.82, 2.24) is 9.80 Å². The van der Waals surface area contributed by atoms with Crippen molar-refractivity contribution in [1.29, 1.82) is 0 Å². The first-order chi connectivity index (χ1) is 15.0. The summed E-state index contributed by atoms with van der Waals surface area (Å²) >= 11 is 0. The molecule has 3 rings (SSSR count). The summed E-state index contributed by atoms with van der Waals surface area (Å²) in [5.74, 6) is 0.482. The van der Waals surface area contributed by atoms with Crippen molar-refractivity contribution in [3.05, 3.63) is 29.3 Å². The van der Waals surface area contributed by atoms with E-state index < -0.39 is 18.3 Å². The molecule has 2 atom stereocenters. The highest BCUT2D eigenvalue weighted by molar-refractivity contribution is 5.94. The third-order valence-electron chi connectivity index (χ3n) is 6.06. The molecule has 0 radical (unpaired) electrons. The molecule has 9 heteroatoms. The van der Waals surface area contributed by atoms with Crippen LogP contribution in [-0.2, 0) is 4.74 Å². The summed E-state index contributed by atoms with van der Waals surface area (Å²) in [5.41, 5.74) is 0.657. The predicted molar refractivity (Wildman–Crippen MR) is 114 cm³/mol. The van der Waals surface area contributed by atoms with Crippen LogP contribution in [0, 0.1) is 12.8 Å². The molecule has 2 fully saturated rings. The molecule has 32 heavy (non-hydrogen) atoms. The molecule has 1 N–H and O–H groups in total. The number of likely N-dealkylation sites (tertiary alicyclic amines) is 1. The van der Waals surface area contributed by atoms with Crippen LogP contribution in [0.4, 0.5) is 13.2 Å². The van der Waals surface area contributed by atoms with Gasteiger partial charge >= 0.3 is 6.18 Å². The van der Waals surface area contributed by atoms with Gasteiger partial charge in [-0.15, -0.1) is 0 Å². The van der Waals surface area contributed by atoms with Crippen LogP contribution in [0.25, 0.3) is 0 Å². The molecule has 2 aliphatic rings. The van der Waals surface area contributed by atoms with E-state index in [-0.39, 0.29) is 44.4 Å². The normalized spacial score (nSPS) is 24.9. The second-order valence-electron chi connectivity index (χ2n) is 9.29. The van der Waals surface area contributed by atoms with Gasteiger partial charge in [-0.25, -0.2) is 0 Å². The number of aliphatic hydroxyl groups is 1. The molecule has 1 aromatic rings. The number of rotatable bonds is 6. The van der Waals surface area contributed by atoms with E-state index in [4.69, 9.17) is 9.47 Å². The summed E-state index contributed by atoms with van der Waals surface area (Å²) in [6.07, 6.45) is -2.77. The number of alkyl halides is 3. The Bertz CT molecular complexity index is 792. The van der Waals surface area contributed by atoms with Crippen molar-refractivity contribution >= 4 is 5.91 Å². The molecule has 1 aromatic carbocycles. The number of hydrogen-bond donors (Lipinski definition) is 1. The molecule has 180 valence electrons. The van der Waals surface area contributed by atoms with Gasteiger partial charge in [0, 0.05) is 31.8 Å². The quantitative estimate of drug-likeness (QED) is 0.706. The molecular formula is C23H33F3N2O4. The lowest BCUT2D eigenvalue weighted by atomic mass is 9.80. The van der Waals surface area contributed by atoms with E-state index in [1.54, 1.807) is 23.1 Å². The number of benzene rings is 1. The van der Waals surface area contributed by atoms with Crippen molar-refractivity contribution in [2.45, 2.75) is 57.9 Å². The number of aliphatic hydroxyl groups excluding tert-OH is 1. The van der Waals surface area contributed by atoms with Crippen LogP contribution < -0.4 is 4.74 Å². The van der Waals surface area contributed by atoms with Gasteiger partial charge in [0.2, 0.25) is 0 Å². The fourth-order valence-electron chi connectivity index (χ4n) is 4.73. The Morgan fingerprint density at radius 2 is 2.12 bits per heavy atom. The molecule has 6 nitrogen and oxygen atoms in total. The number of carbonyl (C=O) groups is 1. The molecular weight excluding hydrogens is 425 g/mol. The van der Waals surface area contributed by atoms with Crippen LogP contribution in [0.15, 0.2) is 18.2 Å². The minimum Gasteiger partial charge on any atom is -0.491 e. The highest BCUT2D eigenvalue weighted by Gasteiger charge is 2.46. The molecule has 2 saturated heterocycles. The first-order valence-electron chi connectivity index (χ1n) is 11.1. The average molecular weight is 459 g/mol. The number of ether oxygens (including phenoxy) is 2. The summed E-state index contributed by atoms with van der Waals surface area (Å²) in [5, 5.41) is 9.31. The predicted octanol–water partition coefficient (Wildman–Crippen LogP) is 3.61. The first-order valence-corrected chi connectivity index (χ1v) is 11.1. The summed E-state index contributed by atoms with van der Waals surface area (Å²) in [7, 11) is 0. The summed E-state index contributed by atoms with van der Waals surface area (Å²) in [6, 6.07) is 5.29. The zero-order valence-corrected chi connectivity index (χ0v) is 19.0. The first kappa shape index (κ1) is 24.8. The molecule has 0 bridgehead atoms. The lowest BCUT2D eigenvalue weighted by Crippen LogP contribution is -2.59. The highest BCUT2D eigenvalue weighted by Crippen LogP contribution is 2.37. The van der Waals surface area contributed by atoms with Gasteiger partial charge in [-0.1, -0.05) is 0 Å². The van der Waals surface area contributed by atoms with Gasteiger partial charge in [0.25, 0.3) is 5.91 Å². The topological polar surface area (TPSA) is 62.2 Å². The maximum atomic E-state index is 13.0. The van der Waals surface area contributed by atoms with Crippen molar-refractivity contribution < 1.29 is 32.5 Å². The number of piperidine rings is 1. The van der Waals surface area contributed by atoms with Crippen LogP contribution in [-0.4, -0.2) is 78.2 Å². The highest BCUT2D eigenvalue weighted by atomic mass is 19.4. The van der Waals surface area contributed by atoms with Gasteiger partial charge in [0.1, 0.15) is 12.5 Å². The van der Waals surface area contributed by atoms with Crippen LogP contribution in [0.1, 0.15) is 49.0 Å². The van der Waals surface area contributed by atoms with E-state index in [9.17, 15) is 23.1 Å². The van der Waals surface area contributed by atoms with Crippen molar-refractivity contribution in [2.24, 2.45) is 5.92 Å². The van der Waals surface area contributed by atoms with E-state index in [0.717, 1.165) is 11.3 Å². The Morgan fingerprint density at radius 1 is 1.38 bits per heavy atom. The third kappa shape index (κ3) is 6.36. The molecule has 0 aliphatic carbocycles. The van der Waals surface area contributed by atoms with E-state index in [2.05, 4.69) is 0 Å². The van der Waals surface area contributed by atoms with E-state index >= 15 is 0 Å². The largest absolute Gasteiger partial charge is 0.491 e. The zero-order valence-electron chi connectivity index (χ0n) is 19.0. The lowest BCUT2D eigenvalue weighted by molar-refractivity contribution is -0.191. The number of halogens is 3. The number of carbonyl (C=O) groups excluding carboxylic acids is 1. The molecule has 2 aliphatic heterocycles. The maximum absolute atomic E-state index is 13.0. The SMILES string of the molecule is Cc1cc(C(=O)N2CCC3(CC(CCO)CN(CC(F)(F)F)C3)OC2)ccc1OC(C)C. The average Bonchev–Trinajstić information content (AvgIpc) is 2.68. The van der Waals surface area contributed by atoms with Crippen LogP contribution in [0.2, 0.25) is 0 Å². The van der Waals surface area contributed by atoms with Gasteiger partial charge < -0.3 is 19.5 Å². The Labute approximate surface area is 187 Å². The van der Waals surface area contributed by atoms with Gasteiger partial charge in [0.15, 0.2) is 0 Å². The van der Waals surface area contributed by atoms with E-state index in [0.29, 0.717) is 31.4 Å². The maximum Gasteiger partial charge on any atom is 0.401 e. The second kappa shape index (κ2) is 9.97. The Hall–Kier alpha value is -1.84. The van der Waals surface area contributed by atoms with E-state index in [1.165, 1.54) is 4.90 Å².